The summed E-state index contributed by atoms with van der Waals surface area (Å²) in [5, 5.41) is 5.70. The van der Waals surface area contributed by atoms with Gasteiger partial charge in [0.2, 0.25) is 5.16 Å². The van der Waals surface area contributed by atoms with Crippen molar-refractivity contribution in [2.45, 2.75) is 23.9 Å². The molecule has 4 heterocycles. The summed E-state index contributed by atoms with van der Waals surface area (Å²) in [6, 6.07) is 15.5. The molecule has 2 aromatic carbocycles. The number of nitrogens with zero attached hydrogens (tertiary/aromatic N) is 5. The Hall–Kier alpha value is -4.05. The van der Waals surface area contributed by atoms with Gasteiger partial charge in [0, 0.05) is 24.6 Å². The van der Waals surface area contributed by atoms with Crippen LogP contribution in [-0.2, 0) is 12.3 Å². The number of ether oxygens (including phenoxy) is 3. The Morgan fingerprint density at radius 3 is 2.67 bits per heavy atom. The molecule has 0 saturated heterocycles. The molecule has 182 valence electrons. The van der Waals surface area contributed by atoms with Crippen molar-refractivity contribution in [3.05, 3.63) is 82.4 Å². The van der Waals surface area contributed by atoms with E-state index in [-0.39, 0.29) is 5.56 Å². The van der Waals surface area contributed by atoms with Crippen LogP contribution in [0.25, 0.3) is 16.7 Å². The Balaban J connectivity index is 1.24. The van der Waals surface area contributed by atoms with Crippen LogP contribution in [0.4, 0.5) is 0 Å². The molecule has 1 aliphatic rings. The minimum atomic E-state index is -0.130. The van der Waals surface area contributed by atoms with Crippen molar-refractivity contribution in [1.82, 2.24) is 24.1 Å². The van der Waals surface area contributed by atoms with E-state index in [1.165, 1.54) is 11.8 Å². The standard InChI is InChI=1S/C26H23N5O4S/c1-33-19-6-3-17(4-7-19)15-30-10-9-21-20(24(30)32)14-27-25-28-26(29-31(21)25)36-16-18-5-8-22-23(13-18)35-12-2-11-34-22/h3-10,13-14H,2,11-12,15-16H2,1H3. The predicted molar refractivity (Wildman–Crippen MR) is 136 cm³/mol. The van der Waals surface area contributed by atoms with Crippen LogP contribution in [0.15, 0.2) is 70.9 Å². The van der Waals surface area contributed by atoms with Crippen molar-refractivity contribution in [3.8, 4) is 17.2 Å². The highest BCUT2D eigenvalue weighted by Gasteiger charge is 2.14. The van der Waals surface area contributed by atoms with Gasteiger partial charge in [0.15, 0.2) is 11.5 Å². The lowest BCUT2D eigenvalue weighted by atomic mass is 10.2. The number of hydrogen-bond donors (Lipinski definition) is 0. The van der Waals surface area contributed by atoms with Gasteiger partial charge in [0.1, 0.15) is 5.75 Å². The van der Waals surface area contributed by atoms with E-state index in [9.17, 15) is 4.79 Å². The van der Waals surface area contributed by atoms with Crippen LogP contribution >= 0.6 is 11.8 Å². The molecule has 0 spiro atoms. The van der Waals surface area contributed by atoms with Gasteiger partial charge in [-0.15, -0.1) is 5.10 Å². The molecule has 0 fully saturated rings. The van der Waals surface area contributed by atoms with E-state index >= 15 is 0 Å². The predicted octanol–water partition coefficient (Wildman–Crippen LogP) is 3.95. The summed E-state index contributed by atoms with van der Waals surface area (Å²) in [5.74, 6) is 3.45. The normalized spacial score (nSPS) is 13.1. The van der Waals surface area contributed by atoms with Gasteiger partial charge in [-0.05, 0) is 41.5 Å². The number of methoxy groups -OCH3 is 1. The van der Waals surface area contributed by atoms with Crippen molar-refractivity contribution in [3.63, 3.8) is 0 Å². The summed E-state index contributed by atoms with van der Waals surface area (Å²) >= 11 is 1.50. The van der Waals surface area contributed by atoms with Crippen LogP contribution in [0.2, 0.25) is 0 Å². The van der Waals surface area contributed by atoms with Gasteiger partial charge in [0.25, 0.3) is 11.3 Å². The van der Waals surface area contributed by atoms with Gasteiger partial charge in [-0.25, -0.2) is 4.98 Å². The van der Waals surface area contributed by atoms with E-state index in [2.05, 4.69) is 15.1 Å². The third kappa shape index (κ3) is 4.35. The highest BCUT2D eigenvalue weighted by atomic mass is 32.2. The minimum Gasteiger partial charge on any atom is -0.497 e. The molecule has 0 N–H and O–H groups in total. The summed E-state index contributed by atoms with van der Waals surface area (Å²) in [6.45, 7) is 1.77. The highest BCUT2D eigenvalue weighted by Crippen LogP contribution is 2.32. The lowest BCUT2D eigenvalue weighted by Crippen LogP contribution is -2.21. The van der Waals surface area contributed by atoms with Gasteiger partial charge >= 0.3 is 0 Å². The van der Waals surface area contributed by atoms with Gasteiger partial charge in [-0.3, -0.25) is 4.79 Å². The van der Waals surface area contributed by atoms with E-state index in [1.807, 2.05) is 48.5 Å². The number of benzene rings is 2. The number of aromatic nitrogens is 5. The number of pyridine rings is 1. The van der Waals surface area contributed by atoms with Gasteiger partial charge in [-0.2, -0.15) is 9.50 Å². The smallest absolute Gasteiger partial charge is 0.261 e. The van der Waals surface area contributed by atoms with Gasteiger partial charge in [-0.1, -0.05) is 30.0 Å². The number of hydrogen-bond acceptors (Lipinski definition) is 8. The molecule has 0 saturated carbocycles. The summed E-state index contributed by atoms with van der Waals surface area (Å²) in [4.78, 5) is 22.1. The molecule has 5 aromatic rings. The molecule has 10 heteroatoms. The van der Waals surface area contributed by atoms with Crippen molar-refractivity contribution in [2.24, 2.45) is 0 Å². The van der Waals surface area contributed by atoms with Crippen LogP contribution in [0.3, 0.4) is 0 Å². The van der Waals surface area contributed by atoms with Crippen LogP contribution in [0, 0.1) is 0 Å². The fraction of sp³-hybridized carbons (Fsp3) is 0.231. The average molecular weight is 502 g/mol. The van der Waals surface area contributed by atoms with E-state index in [0.717, 1.165) is 34.8 Å². The summed E-state index contributed by atoms with van der Waals surface area (Å²) in [7, 11) is 1.63. The fourth-order valence-corrected chi connectivity index (χ4v) is 4.86. The SMILES string of the molecule is COc1ccc(Cn2ccc3c(cnc4nc(SCc5ccc6c(c5)OCCCO6)nn43)c2=O)cc1. The molecule has 0 aliphatic carbocycles. The Kier molecular flexibility index (Phi) is 5.94. The first-order valence-electron chi connectivity index (χ1n) is 11.6. The first-order chi connectivity index (χ1) is 17.7. The molecule has 36 heavy (non-hydrogen) atoms. The van der Waals surface area contributed by atoms with Crippen molar-refractivity contribution < 1.29 is 14.2 Å². The Bertz CT molecular complexity index is 1610. The second kappa shape index (κ2) is 9.54. The molecular weight excluding hydrogens is 478 g/mol. The van der Waals surface area contributed by atoms with E-state index in [4.69, 9.17) is 14.2 Å². The third-order valence-electron chi connectivity index (χ3n) is 5.98. The maximum absolute atomic E-state index is 13.2. The lowest BCUT2D eigenvalue weighted by Gasteiger charge is -2.08. The van der Waals surface area contributed by atoms with Crippen LogP contribution in [0.5, 0.6) is 17.2 Å². The molecule has 0 radical (unpaired) electrons. The Morgan fingerprint density at radius 2 is 1.83 bits per heavy atom. The van der Waals surface area contributed by atoms with Crippen molar-refractivity contribution in [2.75, 3.05) is 20.3 Å². The highest BCUT2D eigenvalue weighted by molar-refractivity contribution is 7.98. The van der Waals surface area contributed by atoms with Crippen molar-refractivity contribution >= 4 is 28.4 Å². The molecule has 0 amide bonds. The Labute approximate surface area is 210 Å². The minimum absolute atomic E-state index is 0.130. The second-order valence-corrected chi connectivity index (χ2v) is 9.32. The zero-order valence-electron chi connectivity index (χ0n) is 19.6. The van der Waals surface area contributed by atoms with Crippen LogP contribution in [0.1, 0.15) is 17.5 Å². The van der Waals surface area contributed by atoms with Crippen molar-refractivity contribution in [1.29, 1.82) is 0 Å². The second-order valence-electron chi connectivity index (χ2n) is 8.38. The van der Waals surface area contributed by atoms with E-state index < -0.39 is 0 Å². The Morgan fingerprint density at radius 1 is 1.03 bits per heavy atom. The maximum atomic E-state index is 13.2. The zero-order chi connectivity index (χ0) is 24.5. The molecule has 0 unspecified atom stereocenters. The molecule has 0 atom stereocenters. The largest absolute Gasteiger partial charge is 0.497 e. The lowest BCUT2D eigenvalue weighted by molar-refractivity contribution is 0.297. The fourth-order valence-electron chi connectivity index (χ4n) is 4.10. The molecule has 3 aromatic heterocycles. The topological polar surface area (TPSA) is 92.8 Å². The first-order valence-corrected chi connectivity index (χ1v) is 12.6. The number of thioether (sulfide) groups is 1. The molecule has 0 bridgehead atoms. The number of fused-ring (bicyclic) bond motifs is 4. The van der Waals surface area contributed by atoms with Gasteiger partial charge in [0.05, 0.1) is 37.8 Å². The number of rotatable bonds is 6. The van der Waals surface area contributed by atoms with Gasteiger partial charge < -0.3 is 18.8 Å². The monoisotopic (exact) mass is 501 g/mol. The summed E-state index contributed by atoms with van der Waals surface area (Å²) in [5.41, 5.74) is 2.63. The van der Waals surface area contributed by atoms with Crippen LogP contribution < -0.4 is 19.8 Å². The quantitative estimate of drug-likeness (QED) is 0.323. The van der Waals surface area contributed by atoms with Crippen LogP contribution in [-0.4, -0.2) is 44.5 Å². The maximum Gasteiger partial charge on any atom is 0.261 e. The average Bonchev–Trinajstić information content (AvgIpc) is 3.19. The molecular formula is C26H23N5O4S. The molecule has 1 aliphatic heterocycles. The summed E-state index contributed by atoms with van der Waals surface area (Å²) < 4.78 is 20.0. The zero-order valence-corrected chi connectivity index (χ0v) is 20.4. The van der Waals surface area contributed by atoms with E-state index in [1.54, 1.807) is 28.6 Å². The molecule has 9 nitrogen and oxygen atoms in total. The third-order valence-corrected chi connectivity index (χ3v) is 6.89. The summed E-state index contributed by atoms with van der Waals surface area (Å²) in [6.07, 6.45) is 4.22. The molecule has 6 rings (SSSR count). The first kappa shape index (κ1) is 22.4. The van der Waals surface area contributed by atoms with E-state index in [0.29, 0.717) is 47.3 Å².